The van der Waals surface area contributed by atoms with Crippen LogP contribution in [0.15, 0.2) is 53.5 Å². The van der Waals surface area contributed by atoms with E-state index in [1.165, 1.54) is 0 Å². The summed E-state index contributed by atoms with van der Waals surface area (Å²) in [5.74, 6) is 1.33. The number of benzene rings is 2. The Balaban J connectivity index is 1.62. The molecule has 164 valence electrons. The van der Waals surface area contributed by atoms with Gasteiger partial charge in [0.2, 0.25) is 5.91 Å². The molecule has 0 aromatic heterocycles. The standard InChI is InChI=1S/C24H27BrClN3O2/c1-2-7-31-22-9-17(3-4-20-5-6-21(26)11-23(20)25)8-18(10-22)12-28-16-24(30)29-15-19-13-27-14-19/h2-6,8-11,19,27-28H,1,7,12-16H2,(H,29,30)/b4-3+. The Labute approximate surface area is 197 Å². The van der Waals surface area contributed by atoms with Crippen LogP contribution in [0.3, 0.4) is 0 Å². The van der Waals surface area contributed by atoms with Crippen molar-refractivity contribution in [2.45, 2.75) is 6.54 Å². The zero-order valence-electron chi connectivity index (χ0n) is 17.3. The average Bonchev–Trinajstić information content (AvgIpc) is 2.70. The van der Waals surface area contributed by atoms with E-state index in [2.05, 4.69) is 44.5 Å². The SMILES string of the molecule is C=CCOc1cc(/C=C/c2ccc(Cl)cc2Br)cc(CNCC(=O)NCC2CNC2)c1. The van der Waals surface area contributed by atoms with Gasteiger partial charge in [0.05, 0.1) is 6.54 Å². The third kappa shape index (κ3) is 7.82. The molecule has 0 atom stereocenters. The number of nitrogens with one attached hydrogen (secondary N) is 3. The third-order valence-electron chi connectivity index (χ3n) is 4.84. The number of hydrogen-bond donors (Lipinski definition) is 3. The minimum atomic E-state index is 0.0127. The first kappa shape index (κ1) is 23.5. The molecule has 31 heavy (non-hydrogen) atoms. The third-order valence-corrected chi connectivity index (χ3v) is 5.76. The highest BCUT2D eigenvalue weighted by Gasteiger charge is 2.16. The van der Waals surface area contributed by atoms with Crippen LogP contribution in [-0.4, -0.2) is 38.7 Å². The predicted molar refractivity (Wildman–Crippen MR) is 131 cm³/mol. The molecule has 1 heterocycles. The fourth-order valence-corrected chi connectivity index (χ4v) is 3.89. The van der Waals surface area contributed by atoms with Crippen LogP contribution in [0.2, 0.25) is 5.02 Å². The van der Waals surface area contributed by atoms with Crippen molar-refractivity contribution in [3.05, 3.63) is 75.2 Å². The molecule has 0 aliphatic carbocycles. The lowest BCUT2D eigenvalue weighted by atomic mass is 10.0. The summed E-state index contributed by atoms with van der Waals surface area (Å²) in [6.07, 6.45) is 5.76. The number of amides is 1. The van der Waals surface area contributed by atoms with Crippen molar-refractivity contribution in [1.29, 1.82) is 0 Å². The molecule has 1 fully saturated rings. The summed E-state index contributed by atoms with van der Waals surface area (Å²) in [5.41, 5.74) is 3.06. The van der Waals surface area contributed by atoms with Gasteiger partial charge in [-0.15, -0.1) is 0 Å². The second kappa shape index (κ2) is 12.1. The summed E-state index contributed by atoms with van der Waals surface area (Å²) in [5, 5.41) is 10.1. The van der Waals surface area contributed by atoms with E-state index in [1.807, 2.05) is 42.5 Å². The zero-order chi connectivity index (χ0) is 22.1. The molecule has 3 N–H and O–H groups in total. The van der Waals surface area contributed by atoms with Gasteiger partial charge in [-0.2, -0.15) is 0 Å². The van der Waals surface area contributed by atoms with Crippen molar-refractivity contribution in [1.82, 2.24) is 16.0 Å². The Bertz CT molecular complexity index is 944. The van der Waals surface area contributed by atoms with Crippen LogP contribution < -0.4 is 20.7 Å². The van der Waals surface area contributed by atoms with E-state index in [0.717, 1.165) is 46.5 Å². The Kier molecular flexibility index (Phi) is 9.15. The van der Waals surface area contributed by atoms with Crippen LogP contribution in [0, 0.1) is 5.92 Å². The topological polar surface area (TPSA) is 62.4 Å². The minimum absolute atomic E-state index is 0.0127. The number of carbonyl (C=O) groups is 1. The molecule has 0 radical (unpaired) electrons. The molecule has 1 amide bonds. The highest BCUT2D eigenvalue weighted by atomic mass is 79.9. The molecule has 0 saturated carbocycles. The van der Waals surface area contributed by atoms with E-state index >= 15 is 0 Å². The largest absolute Gasteiger partial charge is 0.490 e. The van der Waals surface area contributed by atoms with Gasteiger partial charge in [-0.25, -0.2) is 0 Å². The average molecular weight is 505 g/mol. The van der Waals surface area contributed by atoms with Crippen LogP contribution >= 0.6 is 27.5 Å². The van der Waals surface area contributed by atoms with Crippen molar-refractivity contribution in [3.8, 4) is 5.75 Å². The van der Waals surface area contributed by atoms with Crippen LogP contribution in [-0.2, 0) is 11.3 Å². The number of halogens is 2. The van der Waals surface area contributed by atoms with E-state index in [9.17, 15) is 4.79 Å². The quantitative estimate of drug-likeness (QED) is 0.316. The summed E-state index contributed by atoms with van der Waals surface area (Å²) >= 11 is 9.56. The lowest BCUT2D eigenvalue weighted by Crippen LogP contribution is -2.49. The van der Waals surface area contributed by atoms with E-state index in [4.69, 9.17) is 16.3 Å². The summed E-state index contributed by atoms with van der Waals surface area (Å²) < 4.78 is 6.68. The molecule has 7 heteroatoms. The highest BCUT2D eigenvalue weighted by molar-refractivity contribution is 9.10. The van der Waals surface area contributed by atoms with Crippen LogP contribution in [0.1, 0.15) is 16.7 Å². The monoisotopic (exact) mass is 503 g/mol. The molecular formula is C24H27BrClN3O2. The Morgan fingerprint density at radius 3 is 2.81 bits per heavy atom. The van der Waals surface area contributed by atoms with Gasteiger partial charge < -0.3 is 20.7 Å². The maximum absolute atomic E-state index is 12.0. The summed E-state index contributed by atoms with van der Waals surface area (Å²) in [6, 6.07) is 11.7. The van der Waals surface area contributed by atoms with Crippen molar-refractivity contribution in [2.75, 3.05) is 32.8 Å². The van der Waals surface area contributed by atoms with Gasteiger partial charge in [0.15, 0.2) is 0 Å². The molecule has 3 rings (SSSR count). The van der Waals surface area contributed by atoms with Crippen molar-refractivity contribution < 1.29 is 9.53 Å². The number of carbonyl (C=O) groups excluding carboxylic acids is 1. The maximum Gasteiger partial charge on any atom is 0.233 e. The molecule has 2 aromatic rings. The van der Waals surface area contributed by atoms with Gasteiger partial charge in [0.25, 0.3) is 0 Å². The number of rotatable bonds is 11. The second-order valence-electron chi connectivity index (χ2n) is 7.44. The van der Waals surface area contributed by atoms with Crippen LogP contribution in [0.5, 0.6) is 5.75 Å². The van der Waals surface area contributed by atoms with Crippen molar-refractivity contribution >= 4 is 45.6 Å². The maximum atomic E-state index is 12.0. The van der Waals surface area contributed by atoms with Gasteiger partial charge in [-0.3, -0.25) is 4.79 Å². The molecule has 0 unspecified atom stereocenters. The van der Waals surface area contributed by atoms with E-state index in [-0.39, 0.29) is 12.5 Å². The van der Waals surface area contributed by atoms with Crippen LogP contribution in [0.25, 0.3) is 12.2 Å². The van der Waals surface area contributed by atoms with Gasteiger partial charge >= 0.3 is 0 Å². The number of ether oxygens (including phenoxy) is 1. The van der Waals surface area contributed by atoms with Gasteiger partial charge in [-0.05, 0) is 41.0 Å². The minimum Gasteiger partial charge on any atom is -0.490 e. The van der Waals surface area contributed by atoms with Gasteiger partial charge in [-0.1, -0.05) is 64.5 Å². The fourth-order valence-electron chi connectivity index (χ4n) is 3.08. The lowest BCUT2D eigenvalue weighted by molar-refractivity contribution is -0.120. The van der Waals surface area contributed by atoms with E-state index in [0.29, 0.717) is 24.1 Å². The van der Waals surface area contributed by atoms with Gasteiger partial charge in [0.1, 0.15) is 12.4 Å². The van der Waals surface area contributed by atoms with Crippen LogP contribution in [0.4, 0.5) is 0 Å². The van der Waals surface area contributed by atoms with Crippen molar-refractivity contribution in [3.63, 3.8) is 0 Å². The second-order valence-corrected chi connectivity index (χ2v) is 8.73. The van der Waals surface area contributed by atoms with Gasteiger partial charge in [0, 0.05) is 41.6 Å². The first-order chi connectivity index (χ1) is 15.0. The molecule has 5 nitrogen and oxygen atoms in total. The first-order valence-corrected chi connectivity index (χ1v) is 11.4. The molecule has 1 aliphatic heterocycles. The zero-order valence-corrected chi connectivity index (χ0v) is 19.6. The molecule has 2 aromatic carbocycles. The molecular weight excluding hydrogens is 478 g/mol. The normalized spacial score (nSPS) is 13.7. The first-order valence-electron chi connectivity index (χ1n) is 10.2. The predicted octanol–water partition coefficient (Wildman–Crippen LogP) is 4.26. The lowest BCUT2D eigenvalue weighted by Gasteiger charge is -2.27. The van der Waals surface area contributed by atoms with E-state index in [1.54, 1.807) is 6.08 Å². The highest BCUT2D eigenvalue weighted by Crippen LogP contribution is 2.25. The molecule has 1 aliphatic rings. The molecule has 0 bridgehead atoms. The summed E-state index contributed by atoms with van der Waals surface area (Å²) in [6.45, 7) is 7.67. The summed E-state index contributed by atoms with van der Waals surface area (Å²) in [7, 11) is 0. The van der Waals surface area contributed by atoms with E-state index < -0.39 is 0 Å². The molecule has 0 spiro atoms. The Hall–Kier alpha value is -2.12. The smallest absolute Gasteiger partial charge is 0.233 e. The number of hydrogen-bond acceptors (Lipinski definition) is 4. The Morgan fingerprint density at radius 2 is 2.10 bits per heavy atom. The van der Waals surface area contributed by atoms with Crippen molar-refractivity contribution in [2.24, 2.45) is 5.92 Å². The fraction of sp³-hybridized carbons (Fsp3) is 0.292. The Morgan fingerprint density at radius 1 is 1.26 bits per heavy atom. The summed E-state index contributed by atoms with van der Waals surface area (Å²) in [4.78, 5) is 12.0. The molecule has 1 saturated heterocycles.